The number of benzene rings is 1. The maximum Gasteiger partial charge on any atom is 0.212 e. The first-order chi connectivity index (χ1) is 9.83. The average Bonchev–Trinajstić information content (AvgIpc) is 2.91. The Labute approximate surface area is 173 Å². The fraction of sp³-hybridized carbons (Fsp3) is 0.444. The third-order valence-corrected chi connectivity index (χ3v) is 2.83. The van der Waals surface area contributed by atoms with Crippen molar-refractivity contribution in [1.29, 1.82) is 0 Å². The van der Waals surface area contributed by atoms with Gasteiger partial charge in [0.2, 0.25) is 5.88 Å². The monoisotopic (exact) mass is 414 g/mol. The molecule has 1 aromatic carbocycles. The number of hydrogen-bond acceptors (Lipinski definition) is 2. The van der Waals surface area contributed by atoms with E-state index in [1.807, 2.05) is 36.7 Å². The molecule has 0 unspecified atom stereocenters. The molecule has 0 atom stereocenters. The van der Waals surface area contributed by atoms with Crippen LogP contribution in [0.4, 0.5) is 0 Å². The van der Waals surface area contributed by atoms with E-state index in [1.165, 1.54) is 5.56 Å². The van der Waals surface area contributed by atoms with Crippen LogP contribution in [0, 0.1) is 7.43 Å². The van der Waals surface area contributed by atoms with Gasteiger partial charge in [-0.05, 0) is 18.9 Å². The Bertz CT molecular complexity index is 489. The molecule has 0 fully saturated rings. The first-order valence-electron chi connectivity index (χ1n) is 7.57. The number of ether oxygens (including phenoxy) is 1. The standard InChI is InChI=1S/C15H20N2O.C2H6.CH3.ClH.Y/c1-3-8-14-11-15(17(4-2)16-14)18-12-13-9-6-5-7-10-13;1-2;;;/h5-7,9-11H,3-4,8,12H2,1-2H3;1-2H3;1H3;1H;/q;;-1;;. The van der Waals surface area contributed by atoms with Gasteiger partial charge in [-0.2, -0.15) is 5.10 Å². The zero-order valence-corrected chi connectivity index (χ0v) is 18.7. The zero-order valence-electron chi connectivity index (χ0n) is 15.1. The molecule has 2 aromatic rings. The van der Waals surface area contributed by atoms with Gasteiger partial charge in [0.25, 0.3) is 0 Å². The molecular formula is C18H30ClN2OY-. The van der Waals surface area contributed by atoms with E-state index in [-0.39, 0.29) is 52.5 Å². The van der Waals surface area contributed by atoms with E-state index in [1.54, 1.807) is 0 Å². The van der Waals surface area contributed by atoms with E-state index < -0.39 is 0 Å². The van der Waals surface area contributed by atoms with Gasteiger partial charge in [-0.3, -0.25) is 0 Å². The quantitative estimate of drug-likeness (QED) is 0.597. The third kappa shape index (κ3) is 9.49. The topological polar surface area (TPSA) is 27.1 Å². The second-order valence-electron chi connectivity index (χ2n) is 4.31. The SMILES string of the molecule is CC.CCCc1cc(OCc2ccccc2)n(CC)n1.Cl.[CH3-].[Y]. The number of aryl methyl sites for hydroxylation is 2. The molecule has 0 amide bonds. The molecule has 0 aliphatic carbocycles. The molecule has 1 heterocycles. The normalized spacial score (nSPS) is 8.52. The predicted octanol–water partition coefficient (Wildman–Crippen LogP) is 5.33. The average molecular weight is 415 g/mol. The summed E-state index contributed by atoms with van der Waals surface area (Å²) in [5, 5.41) is 4.52. The van der Waals surface area contributed by atoms with Gasteiger partial charge in [0, 0.05) is 45.3 Å². The Morgan fingerprint density at radius 2 is 1.70 bits per heavy atom. The molecule has 1 radical (unpaired) electrons. The van der Waals surface area contributed by atoms with Crippen LogP contribution >= 0.6 is 12.4 Å². The number of aromatic nitrogens is 2. The van der Waals surface area contributed by atoms with Crippen molar-refractivity contribution in [3.8, 4) is 5.88 Å². The van der Waals surface area contributed by atoms with Crippen LogP contribution in [0.2, 0.25) is 0 Å². The van der Waals surface area contributed by atoms with Crippen molar-refractivity contribution >= 4 is 12.4 Å². The molecule has 0 spiro atoms. The van der Waals surface area contributed by atoms with E-state index in [2.05, 4.69) is 37.1 Å². The van der Waals surface area contributed by atoms with E-state index in [0.29, 0.717) is 6.61 Å². The Morgan fingerprint density at radius 3 is 2.22 bits per heavy atom. The van der Waals surface area contributed by atoms with Crippen LogP contribution in [0.1, 0.15) is 45.4 Å². The first-order valence-corrected chi connectivity index (χ1v) is 7.57. The molecule has 0 bridgehead atoms. The molecular weight excluding hydrogens is 385 g/mol. The Balaban J connectivity index is -0.000000770. The molecule has 2 rings (SSSR count). The van der Waals surface area contributed by atoms with Gasteiger partial charge in [-0.1, -0.05) is 57.5 Å². The third-order valence-electron chi connectivity index (χ3n) is 2.83. The summed E-state index contributed by atoms with van der Waals surface area (Å²) >= 11 is 0. The van der Waals surface area contributed by atoms with Gasteiger partial charge in [0.05, 0.1) is 5.69 Å². The van der Waals surface area contributed by atoms with Crippen molar-refractivity contribution in [3.05, 3.63) is 55.1 Å². The maximum absolute atomic E-state index is 5.84. The van der Waals surface area contributed by atoms with Gasteiger partial charge < -0.3 is 12.2 Å². The van der Waals surface area contributed by atoms with Crippen LogP contribution in [0.25, 0.3) is 0 Å². The molecule has 5 heteroatoms. The molecule has 129 valence electrons. The minimum atomic E-state index is 0. The molecule has 0 N–H and O–H groups in total. The molecule has 23 heavy (non-hydrogen) atoms. The smallest absolute Gasteiger partial charge is 0.212 e. The van der Waals surface area contributed by atoms with Gasteiger partial charge in [-0.25, -0.2) is 4.68 Å². The molecule has 0 saturated carbocycles. The molecule has 0 saturated heterocycles. The Hall–Kier alpha value is -0.376. The summed E-state index contributed by atoms with van der Waals surface area (Å²) in [5.74, 6) is 0.866. The van der Waals surface area contributed by atoms with Crippen LogP contribution in [0.5, 0.6) is 5.88 Å². The van der Waals surface area contributed by atoms with Crippen LogP contribution in [0.3, 0.4) is 0 Å². The Morgan fingerprint density at radius 1 is 1.09 bits per heavy atom. The fourth-order valence-corrected chi connectivity index (χ4v) is 1.90. The Kier molecular flexibility index (Phi) is 19.7. The minimum Gasteiger partial charge on any atom is -0.473 e. The van der Waals surface area contributed by atoms with Crippen molar-refractivity contribution in [2.45, 2.75) is 53.7 Å². The number of rotatable bonds is 6. The summed E-state index contributed by atoms with van der Waals surface area (Å²) in [6.07, 6.45) is 2.12. The van der Waals surface area contributed by atoms with Gasteiger partial charge >= 0.3 is 0 Å². The molecule has 0 aliphatic heterocycles. The summed E-state index contributed by atoms with van der Waals surface area (Å²) in [6, 6.07) is 12.3. The molecule has 3 nitrogen and oxygen atoms in total. The second kappa shape index (κ2) is 16.5. The van der Waals surface area contributed by atoms with Crippen LogP contribution in [0.15, 0.2) is 36.4 Å². The number of hydrogen-bond donors (Lipinski definition) is 0. The second-order valence-corrected chi connectivity index (χ2v) is 4.31. The van der Waals surface area contributed by atoms with Crippen molar-refractivity contribution in [3.63, 3.8) is 0 Å². The zero-order chi connectivity index (χ0) is 14.8. The summed E-state index contributed by atoms with van der Waals surface area (Å²) in [4.78, 5) is 0. The fourth-order valence-electron chi connectivity index (χ4n) is 1.90. The van der Waals surface area contributed by atoms with Crippen molar-refractivity contribution in [2.75, 3.05) is 0 Å². The van der Waals surface area contributed by atoms with Crippen molar-refractivity contribution in [1.82, 2.24) is 9.78 Å². The number of nitrogens with zero attached hydrogens (tertiary/aromatic N) is 2. The van der Waals surface area contributed by atoms with Crippen LogP contribution in [-0.2, 0) is 52.3 Å². The maximum atomic E-state index is 5.84. The van der Waals surface area contributed by atoms with E-state index in [4.69, 9.17) is 4.74 Å². The van der Waals surface area contributed by atoms with Gasteiger partial charge in [0.1, 0.15) is 6.61 Å². The van der Waals surface area contributed by atoms with Gasteiger partial charge in [-0.15, -0.1) is 12.4 Å². The molecule has 0 aliphatic rings. The van der Waals surface area contributed by atoms with Crippen LogP contribution < -0.4 is 4.74 Å². The first kappa shape index (κ1) is 27.5. The van der Waals surface area contributed by atoms with Gasteiger partial charge in [0.15, 0.2) is 0 Å². The van der Waals surface area contributed by atoms with Crippen molar-refractivity contribution in [2.24, 2.45) is 0 Å². The summed E-state index contributed by atoms with van der Waals surface area (Å²) in [5.41, 5.74) is 2.29. The summed E-state index contributed by atoms with van der Waals surface area (Å²) in [6.45, 7) is 9.68. The summed E-state index contributed by atoms with van der Waals surface area (Å²) in [7, 11) is 0. The van der Waals surface area contributed by atoms with Crippen LogP contribution in [-0.4, -0.2) is 9.78 Å². The van der Waals surface area contributed by atoms with Crippen molar-refractivity contribution < 1.29 is 37.4 Å². The minimum absolute atomic E-state index is 0. The molecule has 1 aromatic heterocycles. The largest absolute Gasteiger partial charge is 0.473 e. The van der Waals surface area contributed by atoms with E-state index >= 15 is 0 Å². The predicted molar refractivity (Wildman–Crippen MR) is 97.7 cm³/mol. The number of halogens is 1. The van der Waals surface area contributed by atoms with E-state index in [9.17, 15) is 0 Å². The summed E-state index contributed by atoms with van der Waals surface area (Å²) < 4.78 is 7.77. The van der Waals surface area contributed by atoms with E-state index in [0.717, 1.165) is 31.0 Å².